The molecule has 0 atom stereocenters. The summed E-state index contributed by atoms with van der Waals surface area (Å²) in [6.45, 7) is 3.85. The average molecular weight is 276 g/mol. The Hall–Kier alpha value is -1.91. The monoisotopic (exact) mass is 276 g/mol. The summed E-state index contributed by atoms with van der Waals surface area (Å²) in [5.41, 5.74) is -0.0900. The van der Waals surface area contributed by atoms with Crippen LogP contribution in [-0.2, 0) is 4.79 Å². The van der Waals surface area contributed by atoms with Crippen LogP contribution in [0.1, 0.15) is 48.7 Å². The van der Waals surface area contributed by atoms with E-state index in [-0.39, 0.29) is 5.91 Å². The molecule has 1 aliphatic rings. The van der Waals surface area contributed by atoms with Crippen LogP contribution in [0.2, 0.25) is 0 Å². The van der Waals surface area contributed by atoms with Crippen molar-refractivity contribution in [2.75, 3.05) is 0 Å². The standard InChI is InChI=1S/C15H20N2O3/c1-10-5-7-15(8-6-10,14(19)20)17-13(18)12-4-3-9-16-11(12)2/h3-4,9-10H,5-8H2,1-2H3,(H,17,18)(H,19,20). The molecule has 0 aromatic carbocycles. The van der Waals surface area contributed by atoms with E-state index < -0.39 is 11.5 Å². The second kappa shape index (κ2) is 5.61. The number of pyridine rings is 1. The molecule has 1 saturated carbocycles. The van der Waals surface area contributed by atoms with Gasteiger partial charge in [-0.25, -0.2) is 4.79 Å². The van der Waals surface area contributed by atoms with Gasteiger partial charge in [-0.2, -0.15) is 0 Å². The van der Waals surface area contributed by atoms with Crippen LogP contribution in [0.4, 0.5) is 0 Å². The summed E-state index contributed by atoms with van der Waals surface area (Å²) in [4.78, 5) is 28.0. The van der Waals surface area contributed by atoms with Gasteiger partial charge in [0.05, 0.1) is 5.56 Å². The lowest BCUT2D eigenvalue weighted by Gasteiger charge is -2.36. The molecule has 0 radical (unpaired) electrons. The lowest BCUT2D eigenvalue weighted by Crippen LogP contribution is -2.56. The molecule has 1 aliphatic carbocycles. The Labute approximate surface area is 118 Å². The second-order valence-corrected chi connectivity index (χ2v) is 5.66. The van der Waals surface area contributed by atoms with E-state index in [0.717, 1.165) is 12.8 Å². The molecule has 0 unspecified atom stereocenters. The van der Waals surface area contributed by atoms with Crippen molar-refractivity contribution in [3.8, 4) is 0 Å². The Balaban J connectivity index is 2.19. The quantitative estimate of drug-likeness (QED) is 0.886. The van der Waals surface area contributed by atoms with Crippen molar-refractivity contribution < 1.29 is 14.7 Å². The molecule has 2 N–H and O–H groups in total. The Kier molecular flexibility index (Phi) is 4.06. The Morgan fingerprint density at radius 2 is 2.05 bits per heavy atom. The van der Waals surface area contributed by atoms with Crippen molar-refractivity contribution in [1.29, 1.82) is 0 Å². The zero-order chi connectivity index (χ0) is 14.8. The fraction of sp³-hybridized carbons (Fsp3) is 0.533. The number of hydrogen-bond acceptors (Lipinski definition) is 3. The first-order valence-corrected chi connectivity index (χ1v) is 6.92. The van der Waals surface area contributed by atoms with Gasteiger partial charge in [-0.1, -0.05) is 6.92 Å². The van der Waals surface area contributed by atoms with Crippen molar-refractivity contribution in [2.24, 2.45) is 5.92 Å². The zero-order valence-electron chi connectivity index (χ0n) is 11.8. The summed E-state index contributed by atoms with van der Waals surface area (Å²) in [6.07, 6.45) is 4.21. The molecular weight excluding hydrogens is 256 g/mol. The Bertz CT molecular complexity index is 520. The van der Waals surface area contributed by atoms with Gasteiger partial charge in [-0.15, -0.1) is 0 Å². The highest BCUT2D eigenvalue weighted by molar-refractivity contribution is 5.98. The number of aliphatic carboxylic acids is 1. The van der Waals surface area contributed by atoms with Crippen LogP contribution in [0.5, 0.6) is 0 Å². The highest BCUT2D eigenvalue weighted by atomic mass is 16.4. The second-order valence-electron chi connectivity index (χ2n) is 5.66. The number of carbonyl (C=O) groups is 2. The largest absolute Gasteiger partial charge is 0.480 e. The van der Waals surface area contributed by atoms with Crippen LogP contribution in [0, 0.1) is 12.8 Å². The maximum atomic E-state index is 12.3. The number of aromatic nitrogens is 1. The van der Waals surface area contributed by atoms with Gasteiger partial charge in [0.1, 0.15) is 5.54 Å². The number of rotatable bonds is 3. The number of nitrogens with one attached hydrogen (secondary N) is 1. The van der Waals surface area contributed by atoms with Crippen LogP contribution < -0.4 is 5.32 Å². The van der Waals surface area contributed by atoms with E-state index in [2.05, 4.69) is 17.2 Å². The molecule has 0 bridgehead atoms. The molecule has 108 valence electrons. The third-order valence-electron chi connectivity index (χ3n) is 4.14. The molecule has 20 heavy (non-hydrogen) atoms. The minimum atomic E-state index is -1.13. The normalized spacial score (nSPS) is 26.0. The van der Waals surface area contributed by atoms with Crippen LogP contribution in [0.15, 0.2) is 18.3 Å². The maximum absolute atomic E-state index is 12.3. The molecule has 1 amide bonds. The predicted octanol–water partition coefficient (Wildman–Crippen LogP) is 2.15. The third kappa shape index (κ3) is 2.81. The molecule has 5 nitrogen and oxygen atoms in total. The van der Waals surface area contributed by atoms with Crippen LogP contribution in [0.3, 0.4) is 0 Å². The molecule has 0 spiro atoms. The number of nitrogens with zero attached hydrogens (tertiary/aromatic N) is 1. The van der Waals surface area contributed by atoms with Gasteiger partial charge < -0.3 is 10.4 Å². The van der Waals surface area contributed by atoms with Gasteiger partial charge in [0.2, 0.25) is 0 Å². The summed E-state index contributed by atoms with van der Waals surface area (Å²) in [5.74, 6) is -0.786. The van der Waals surface area contributed by atoms with Crippen molar-refractivity contribution in [3.63, 3.8) is 0 Å². The minimum Gasteiger partial charge on any atom is -0.480 e. The first kappa shape index (κ1) is 14.5. The van der Waals surface area contributed by atoms with Gasteiger partial charge in [-0.05, 0) is 50.7 Å². The van der Waals surface area contributed by atoms with Gasteiger partial charge >= 0.3 is 5.97 Å². The van der Waals surface area contributed by atoms with Gasteiger partial charge in [0.15, 0.2) is 0 Å². The topological polar surface area (TPSA) is 79.3 Å². The fourth-order valence-electron chi connectivity index (χ4n) is 2.66. The number of carboxylic acids is 1. The highest BCUT2D eigenvalue weighted by Crippen LogP contribution is 2.32. The number of amides is 1. The number of aryl methyl sites for hydroxylation is 1. The molecular formula is C15H20N2O3. The van der Waals surface area contributed by atoms with E-state index in [1.54, 1.807) is 25.3 Å². The van der Waals surface area contributed by atoms with E-state index in [4.69, 9.17) is 0 Å². The number of carbonyl (C=O) groups excluding carboxylic acids is 1. The molecule has 2 rings (SSSR count). The summed E-state index contributed by atoms with van der Waals surface area (Å²) < 4.78 is 0. The van der Waals surface area contributed by atoms with Crippen LogP contribution in [0.25, 0.3) is 0 Å². The summed E-state index contributed by atoms with van der Waals surface area (Å²) in [7, 11) is 0. The lowest BCUT2D eigenvalue weighted by molar-refractivity contribution is -0.146. The van der Waals surface area contributed by atoms with E-state index >= 15 is 0 Å². The lowest BCUT2D eigenvalue weighted by atomic mass is 9.77. The SMILES string of the molecule is Cc1ncccc1C(=O)NC1(C(=O)O)CCC(C)CC1. The third-order valence-corrected chi connectivity index (χ3v) is 4.14. The maximum Gasteiger partial charge on any atom is 0.329 e. The summed E-state index contributed by atoms with van der Waals surface area (Å²) in [6, 6.07) is 3.34. The molecule has 0 aliphatic heterocycles. The molecule has 1 aromatic rings. The van der Waals surface area contributed by atoms with Crippen LogP contribution in [-0.4, -0.2) is 27.5 Å². The van der Waals surface area contributed by atoms with Gasteiger partial charge in [-0.3, -0.25) is 9.78 Å². The predicted molar refractivity (Wildman–Crippen MR) is 74.4 cm³/mol. The highest BCUT2D eigenvalue weighted by Gasteiger charge is 2.42. The number of carboxylic acid groups (broad SMARTS) is 1. The first-order valence-electron chi connectivity index (χ1n) is 6.92. The summed E-state index contributed by atoms with van der Waals surface area (Å²) in [5, 5.41) is 12.2. The van der Waals surface area contributed by atoms with E-state index in [0.29, 0.717) is 30.0 Å². The zero-order valence-corrected chi connectivity index (χ0v) is 11.8. The van der Waals surface area contributed by atoms with Crippen molar-refractivity contribution in [1.82, 2.24) is 10.3 Å². The van der Waals surface area contributed by atoms with Crippen molar-refractivity contribution >= 4 is 11.9 Å². The smallest absolute Gasteiger partial charge is 0.329 e. The molecule has 1 aromatic heterocycles. The average Bonchev–Trinajstić information content (AvgIpc) is 2.41. The van der Waals surface area contributed by atoms with Gasteiger partial charge in [0.25, 0.3) is 5.91 Å². The van der Waals surface area contributed by atoms with Gasteiger partial charge in [0, 0.05) is 11.9 Å². The Morgan fingerprint density at radius 3 is 2.60 bits per heavy atom. The molecule has 1 fully saturated rings. The molecule has 5 heteroatoms. The van der Waals surface area contributed by atoms with Crippen LogP contribution >= 0.6 is 0 Å². The van der Waals surface area contributed by atoms with Crippen molar-refractivity contribution in [3.05, 3.63) is 29.6 Å². The summed E-state index contributed by atoms with van der Waals surface area (Å²) >= 11 is 0. The fourth-order valence-corrected chi connectivity index (χ4v) is 2.66. The van der Waals surface area contributed by atoms with E-state index in [9.17, 15) is 14.7 Å². The Morgan fingerprint density at radius 1 is 1.40 bits per heavy atom. The van der Waals surface area contributed by atoms with E-state index in [1.807, 2.05) is 0 Å². The number of hydrogen-bond donors (Lipinski definition) is 2. The minimum absolute atomic E-state index is 0.354. The van der Waals surface area contributed by atoms with Crippen molar-refractivity contribution in [2.45, 2.75) is 45.1 Å². The first-order chi connectivity index (χ1) is 9.44. The van der Waals surface area contributed by atoms with E-state index in [1.165, 1.54) is 0 Å². The molecule has 1 heterocycles. The molecule has 0 saturated heterocycles.